The average molecular weight is 441 g/mol. The van der Waals surface area contributed by atoms with Crippen molar-refractivity contribution in [3.05, 3.63) is 58.6 Å². The number of phenolic OH excluding ortho intramolecular Hbond substituents is 2. The van der Waals surface area contributed by atoms with E-state index >= 15 is 0 Å². The highest BCUT2D eigenvalue weighted by molar-refractivity contribution is 5.81. The number of phenols is 2. The number of aliphatic hydroxyl groups is 2. The minimum atomic E-state index is -0.464. The topological polar surface area (TPSA) is 98.0 Å². The number of allylic oxidation sites excluding steroid dienone is 5. The first-order chi connectivity index (χ1) is 14.7. The SMILES string of the molecule is CC(=CCc1cc(O)cc(C)c1O)CC(=O)CC1(C)CC2C(O)=CC(O)=CC1(C)C2(C)C. The quantitative estimate of drug-likeness (QED) is 0.312. The lowest BCUT2D eigenvalue weighted by molar-refractivity contribution is -0.122. The zero-order valence-electron chi connectivity index (χ0n) is 20.0. The van der Waals surface area contributed by atoms with Gasteiger partial charge in [0.05, 0.1) is 5.76 Å². The Labute approximate surface area is 190 Å². The van der Waals surface area contributed by atoms with Crippen LogP contribution in [0.5, 0.6) is 11.5 Å². The molecule has 1 saturated carbocycles. The number of hydrogen-bond acceptors (Lipinski definition) is 5. The highest BCUT2D eigenvalue weighted by atomic mass is 16.3. The molecule has 2 aliphatic carbocycles. The highest BCUT2D eigenvalue weighted by Crippen LogP contribution is 2.69. The third-order valence-electron chi connectivity index (χ3n) is 8.31. The standard InChI is InChI=1S/C27H36O5/c1-16(7-8-18-11-19(28)10-17(2)24(18)32)9-20(29)13-26(5)15-22-23(31)12-21(30)14-27(26,6)25(22,3)4/h7,10-12,14,22,28,30-32H,8-9,13,15H2,1-6H3. The summed E-state index contributed by atoms with van der Waals surface area (Å²) in [6, 6.07) is 3.06. The van der Waals surface area contributed by atoms with Gasteiger partial charge in [0.1, 0.15) is 23.0 Å². The second-order valence-corrected chi connectivity index (χ2v) is 10.8. The maximum absolute atomic E-state index is 13.1. The van der Waals surface area contributed by atoms with Crippen LogP contribution in [0.25, 0.3) is 0 Å². The van der Waals surface area contributed by atoms with E-state index in [2.05, 4.69) is 27.7 Å². The molecule has 0 saturated heterocycles. The van der Waals surface area contributed by atoms with Gasteiger partial charge in [-0.15, -0.1) is 0 Å². The summed E-state index contributed by atoms with van der Waals surface area (Å²) < 4.78 is 0. The maximum atomic E-state index is 13.1. The minimum Gasteiger partial charge on any atom is -0.512 e. The average Bonchev–Trinajstić information content (AvgIpc) is 2.76. The molecule has 0 spiro atoms. The minimum absolute atomic E-state index is 0.0521. The van der Waals surface area contributed by atoms with Crippen molar-refractivity contribution in [3.8, 4) is 11.5 Å². The molecule has 1 aromatic carbocycles. The second kappa shape index (κ2) is 8.02. The maximum Gasteiger partial charge on any atom is 0.137 e. The summed E-state index contributed by atoms with van der Waals surface area (Å²) in [6.45, 7) is 12.0. The van der Waals surface area contributed by atoms with E-state index < -0.39 is 10.8 Å². The van der Waals surface area contributed by atoms with Crippen LogP contribution < -0.4 is 0 Å². The number of fused-ring (bicyclic) bond motifs is 2. The highest BCUT2D eigenvalue weighted by Gasteiger charge is 2.64. The molecule has 0 heterocycles. The van der Waals surface area contributed by atoms with E-state index in [0.29, 0.717) is 36.8 Å². The van der Waals surface area contributed by atoms with Gasteiger partial charge in [0.2, 0.25) is 0 Å². The lowest BCUT2D eigenvalue weighted by Crippen LogP contribution is -2.42. The van der Waals surface area contributed by atoms with Crippen molar-refractivity contribution in [2.45, 2.75) is 67.2 Å². The van der Waals surface area contributed by atoms with Crippen molar-refractivity contribution < 1.29 is 25.2 Å². The van der Waals surface area contributed by atoms with Gasteiger partial charge in [-0.1, -0.05) is 39.3 Å². The van der Waals surface area contributed by atoms with Crippen LogP contribution in [0.3, 0.4) is 0 Å². The molecule has 0 aliphatic heterocycles. The Morgan fingerprint density at radius 1 is 1.12 bits per heavy atom. The Morgan fingerprint density at radius 2 is 1.78 bits per heavy atom. The molecule has 4 N–H and O–H groups in total. The summed E-state index contributed by atoms with van der Waals surface area (Å²) in [5.41, 5.74) is 0.955. The normalized spacial score (nSPS) is 29.3. The summed E-state index contributed by atoms with van der Waals surface area (Å²) in [7, 11) is 0. The van der Waals surface area contributed by atoms with Gasteiger partial charge in [-0.25, -0.2) is 0 Å². The van der Waals surface area contributed by atoms with Crippen molar-refractivity contribution in [3.63, 3.8) is 0 Å². The number of carbonyl (C=O) groups is 1. The fourth-order valence-corrected chi connectivity index (χ4v) is 5.89. The van der Waals surface area contributed by atoms with Gasteiger partial charge in [0, 0.05) is 35.8 Å². The van der Waals surface area contributed by atoms with E-state index in [-0.39, 0.29) is 40.1 Å². The van der Waals surface area contributed by atoms with E-state index in [1.807, 2.05) is 19.1 Å². The van der Waals surface area contributed by atoms with E-state index in [1.165, 1.54) is 12.1 Å². The smallest absolute Gasteiger partial charge is 0.137 e. The third-order valence-corrected chi connectivity index (χ3v) is 8.31. The molecular weight excluding hydrogens is 404 g/mol. The first-order valence-corrected chi connectivity index (χ1v) is 11.2. The summed E-state index contributed by atoms with van der Waals surface area (Å²) in [4.78, 5) is 13.1. The summed E-state index contributed by atoms with van der Waals surface area (Å²) in [6.07, 6.45) is 6.92. The third kappa shape index (κ3) is 3.94. The summed E-state index contributed by atoms with van der Waals surface area (Å²) in [5.74, 6) is 0.488. The molecule has 32 heavy (non-hydrogen) atoms. The molecule has 3 rings (SSSR count). The molecular formula is C27H36O5. The fraction of sp³-hybridized carbons (Fsp3) is 0.519. The van der Waals surface area contributed by atoms with E-state index in [9.17, 15) is 25.2 Å². The summed E-state index contributed by atoms with van der Waals surface area (Å²) in [5, 5.41) is 40.9. The van der Waals surface area contributed by atoms with Crippen molar-refractivity contribution in [2.75, 3.05) is 0 Å². The molecule has 1 fully saturated rings. The Kier molecular flexibility index (Phi) is 6.01. The molecule has 1 aromatic rings. The largest absolute Gasteiger partial charge is 0.512 e. The number of aliphatic hydroxyl groups excluding tert-OH is 2. The van der Waals surface area contributed by atoms with Gasteiger partial charge in [-0.3, -0.25) is 4.79 Å². The molecule has 5 heteroatoms. The number of benzene rings is 1. The Morgan fingerprint density at radius 3 is 2.44 bits per heavy atom. The number of ketones is 1. The molecule has 2 bridgehead atoms. The number of rotatable bonds is 6. The van der Waals surface area contributed by atoms with Crippen molar-refractivity contribution in [2.24, 2.45) is 22.2 Å². The summed E-state index contributed by atoms with van der Waals surface area (Å²) >= 11 is 0. The number of hydrogen-bond donors (Lipinski definition) is 4. The number of carbonyl (C=O) groups excluding carboxylic acids is 1. The lowest BCUT2D eigenvalue weighted by atomic mass is 9.56. The van der Waals surface area contributed by atoms with E-state index in [1.54, 1.807) is 13.0 Å². The van der Waals surface area contributed by atoms with Crippen molar-refractivity contribution >= 4 is 5.78 Å². The van der Waals surface area contributed by atoms with Gasteiger partial charge in [-0.05, 0) is 61.3 Å². The Hall–Kier alpha value is -2.69. The van der Waals surface area contributed by atoms with E-state index in [4.69, 9.17) is 0 Å². The molecule has 174 valence electrons. The van der Waals surface area contributed by atoms with Crippen LogP contribution in [0.2, 0.25) is 0 Å². The predicted molar refractivity (Wildman–Crippen MR) is 126 cm³/mol. The van der Waals surface area contributed by atoms with Crippen LogP contribution in [-0.2, 0) is 11.2 Å². The Bertz CT molecular complexity index is 1030. The number of aromatic hydroxyl groups is 2. The fourth-order valence-electron chi connectivity index (χ4n) is 5.89. The second-order valence-electron chi connectivity index (χ2n) is 10.8. The van der Waals surface area contributed by atoms with Crippen molar-refractivity contribution in [1.29, 1.82) is 0 Å². The predicted octanol–water partition coefficient (Wildman–Crippen LogP) is 6.20. The first kappa shape index (κ1) is 24.0. The van der Waals surface area contributed by atoms with E-state index in [0.717, 1.165) is 5.57 Å². The molecule has 5 nitrogen and oxygen atoms in total. The molecule has 0 aromatic heterocycles. The van der Waals surface area contributed by atoms with Crippen LogP contribution in [0, 0.1) is 29.1 Å². The van der Waals surface area contributed by atoms with Crippen LogP contribution in [0.1, 0.15) is 65.0 Å². The zero-order valence-corrected chi connectivity index (χ0v) is 20.0. The molecule has 0 amide bonds. The van der Waals surface area contributed by atoms with Crippen LogP contribution in [0.4, 0.5) is 0 Å². The van der Waals surface area contributed by atoms with Gasteiger partial charge in [-0.2, -0.15) is 0 Å². The Balaban J connectivity index is 1.76. The number of aryl methyl sites for hydroxylation is 1. The number of Topliss-reactive ketones (excluding diaryl/α,β-unsaturated/α-hetero) is 1. The molecule has 2 aliphatic rings. The van der Waals surface area contributed by atoms with Crippen LogP contribution in [0.15, 0.2) is 47.5 Å². The van der Waals surface area contributed by atoms with Gasteiger partial charge in [0.25, 0.3) is 0 Å². The van der Waals surface area contributed by atoms with Crippen molar-refractivity contribution in [1.82, 2.24) is 0 Å². The molecule has 3 atom stereocenters. The molecule has 0 radical (unpaired) electrons. The zero-order chi connectivity index (χ0) is 24.1. The molecule has 3 unspecified atom stereocenters. The van der Waals surface area contributed by atoms with Crippen LogP contribution >= 0.6 is 0 Å². The van der Waals surface area contributed by atoms with Gasteiger partial charge < -0.3 is 20.4 Å². The van der Waals surface area contributed by atoms with Crippen LogP contribution in [-0.4, -0.2) is 26.2 Å². The first-order valence-electron chi connectivity index (χ1n) is 11.2. The monoisotopic (exact) mass is 440 g/mol. The van der Waals surface area contributed by atoms with Gasteiger partial charge >= 0.3 is 0 Å². The van der Waals surface area contributed by atoms with Gasteiger partial charge in [0.15, 0.2) is 0 Å². The lowest BCUT2D eigenvalue weighted by Gasteiger charge is -2.46.